The molecule has 0 spiro atoms. The number of benzene rings is 8. The number of anilines is 3. The van der Waals surface area contributed by atoms with E-state index in [-0.39, 0.29) is 0 Å². The molecule has 0 amide bonds. The summed E-state index contributed by atoms with van der Waals surface area (Å²) in [5, 5.41) is 7.38. The van der Waals surface area contributed by atoms with Gasteiger partial charge in [-0.1, -0.05) is 133 Å². The molecule has 2 aromatic heterocycles. The second-order valence-electron chi connectivity index (χ2n) is 12.5. The van der Waals surface area contributed by atoms with Crippen LogP contribution in [0.3, 0.4) is 0 Å². The molecule has 0 saturated carbocycles. The van der Waals surface area contributed by atoms with Gasteiger partial charge >= 0.3 is 0 Å². The zero-order valence-electron chi connectivity index (χ0n) is 26.5. The maximum atomic E-state index is 6.23. The van der Waals surface area contributed by atoms with E-state index in [0.717, 1.165) is 39.0 Å². The minimum atomic E-state index is 0.894. The summed E-state index contributed by atoms with van der Waals surface area (Å²) in [7, 11) is 0. The number of hydrogen-bond donors (Lipinski definition) is 0. The van der Waals surface area contributed by atoms with Crippen molar-refractivity contribution in [3.8, 4) is 22.3 Å². The maximum Gasteiger partial charge on any atom is 0.135 e. The van der Waals surface area contributed by atoms with Gasteiger partial charge in [-0.3, -0.25) is 0 Å². The van der Waals surface area contributed by atoms with Gasteiger partial charge in [-0.15, -0.1) is 11.3 Å². The predicted octanol–water partition coefficient (Wildman–Crippen LogP) is 13.9. The van der Waals surface area contributed by atoms with Crippen LogP contribution in [0.15, 0.2) is 180 Å². The lowest BCUT2D eigenvalue weighted by atomic mass is 10.00. The number of rotatable bonds is 5. The van der Waals surface area contributed by atoms with E-state index in [0.29, 0.717) is 0 Å². The molecule has 0 aliphatic rings. The fraction of sp³-hybridized carbons (Fsp3) is 0. The topological polar surface area (TPSA) is 16.4 Å². The molecule has 0 radical (unpaired) electrons. The number of nitrogens with zero attached hydrogens (tertiary/aromatic N) is 1. The summed E-state index contributed by atoms with van der Waals surface area (Å²) in [5.74, 6) is 0. The Morgan fingerprint density at radius 2 is 0.959 bits per heavy atom. The molecular formula is C46H29NOS. The molecule has 0 bridgehead atoms. The van der Waals surface area contributed by atoms with Crippen molar-refractivity contribution in [2.45, 2.75) is 0 Å². The summed E-state index contributed by atoms with van der Waals surface area (Å²) < 4.78 is 8.83. The van der Waals surface area contributed by atoms with Crippen molar-refractivity contribution in [3.63, 3.8) is 0 Å². The Morgan fingerprint density at radius 3 is 1.76 bits per heavy atom. The van der Waals surface area contributed by atoms with Crippen LogP contribution >= 0.6 is 11.3 Å². The first-order chi connectivity index (χ1) is 24.3. The highest BCUT2D eigenvalue weighted by Gasteiger charge is 2.20. The van der Waals surface area contributed by atoms with E-state index in [1.807, 2.05) is 23.5 Å². The normalized spacial score (nSPS) is 11.7. The summed E-state index contributed by atoms with van der Waals surface area (Å²) in [6.07, 6.45) is 0. The average Bonchev–Trinajstić information content (AvgIpc) is 3.75. The molecule has 0 aliphatic heterocycles. The summed E-state index contributed by atoms with van der Waals surface area (Å²) >= 11 is 1.88. The van der Waals surface area contributed by atoms with Crippen LogP contribution in [0.2, 0.25) is 0 Å². The molecule has 230 valence electrons. The zero-order chi connectivity index (χ0) is 32.3. The summed E-state index contributed by atoms with van der Waals surface area (Å²) in [6, 6.07) is 63.2. The number of furan rings is 1. The molecule has 10 rings (SSSR count). The summed E-state index contributed by atoms with van der Waals surface area (Å²) in [6.45, 7) is 0. The molecule has 0 unspecified atom stereocenters. The number of thiophene rings is 1. The molecular weight excluding hydrogens is 615 g/mol. The zero-order valence-corrected chi connectivity index (χ0v) is 27.3. The average molecular weight is 644 g/mol. The van der Waals surface area contributed by atoms with Crippen LogP contribution in [-0.2, 0) is 0 Å². The monoisotopic (exact) mass is 643 g/mol. The summed E-state index contributed by atoms with van der Waals surface area (Å²) in [4.78, 5) is 2.41. The number of hydrogen-bond acceptors (Lipinski definition) is 3. The molecule has 49 heavy (non-hydrogen) atoms. The third-order valence-corrected chi connectivity index (χ3v) is 11.0. The maximum absolute atomic E-state index is 6.23. The molecule has 3 heteroatoms. The summed E-state index contributed by atoms with van der Waals surface area (Å²) in [5.41, 5.74) is 9.99. The van der Waals surface area contributed by atoms with E-state index in [1.165, 1.54) is 53.2 Å². The Labute approximate surface area is 287 Å². The van der Waals surface area contributed by atoms with Gasteiger partial charge in [0.15, 0.2) is 0 Å². The van der Waals surface area contributed by atoms with Crippen molar-refractivity contribution in [2.75, 3.05) is 4.90 Å². The second kappa shape index (κ2) is 11.2. The van der Waals surface area contributed by atoms with Crippen molar-refractivity contribution in [1.29, 1.82) is 0 Å². The second-order valence-corrected chi connectivity index (χ2v) is 13.5. The highest BCUT2D eigenvalue weighted by molar-refractivity contribution is 7.27. The van der Waals surface area contributed by atoms with Crippen LogP contribution < -0.4 is 4.90 Å². The SMILES string of the molecule is c1ccc(-c2ccc(-c3ccc(N(c4ccc5oc6ccccc6c5c4)c4cccc5c4sc4c6ccccc6ccc54)cc3)cc2)cc1. The lowest BCUT2D eigenvalue weighted by Gasteiger charge is -2.26. The van der Waals surface area contributed by atoms with E-state index >= 15 is 0 Å². The molecule has 10 aromatic rings. The fourth-order valence-corrected chi connectivity index (χ4v) is 8.60. The first-order valence-electron chi connectivity index (χ1n) is 16.6. The quantitative estimate of drug-likeness (QED) is 0.186. The van der Waals surface area contributed by atoms with Gasteiger partial charge in [0, 0.05) is 37.6 Å². The Kier molecular flexibility index (Phi) is 6.39. The predicted molar refractivity (Wildman–Crippen MR) is 210 cm³/mol. The molecule has 0 saturated heterocycles. The standard InChI is InChI=1S/C46H29NOS/c1-2-9-30(10-3-1)31-17-19-32(20-18-31)33-21-24-35(25-22-33)47(36-26-28-44-41(29-36)38-13-6-7-16-43(38)48-44)42-15-8-14-39-40-27-23-34-11-4-5-12-37(34)45(40)49-46(39)42/h1-29H. The lowest BCUT2D eigenvalue weighted by Crippen LogP contribution is -2.10. The van der Waals surface area contributed by atoms with Gasteiger partial charge in [0.25, 0.3) is 0 Å². The van der Waals surface area contributed by atoms with Crippen molar-refractivity contribution < 1.29 is 4.42 Å². The number of para-hydroxylation sites is 1. The Hall–Kier alpha value is -6.16. The third-order valence-electron chi connectivity index (χ3n) is 9.68. The van der Waals surface area contributed by atoms with Crippen LogP contribution in [0.25, 0.3) is 75.1 Å². The van der Waals surface area contributed by atoms with Gasteiger partial charge in [-0.2, -0.15) is 0 Å². The van der Waals surface area contributed by atoms with Gasteiger partial charge in [0.1, 0.15) is 11.2 Å². The molecule has 2 heterocycles. The molecule has 8 aromatic carbocycles. The molecule has 0 N–H and O–H groups in total. The van der Waals surface area contributed by atoms with E-state index in [4.69, 9.17) is 4.42 Å². The minimum absolute atomic E-state index is 0.894. The van der Waals surface area contributed by atoms with E-state index in [1.54, 1.807) is 0 Å². The first kappa shape index (κ1) is 27.9. The van der Waals surface area contributed by atoms with Crippen LogP contribution in [0.5, 0.6) is 0 Å². The van der Waals surface area contributed by atoms with Gasteiger partial charge < -0.3 is 9.32 Å². The van der Waals surface area contributed by atoms with Crippen molar-refractivity contribution in [2.24, 2.45) is 0 Å². The van der Waals surface area contributed by atoms with E-state index in [2.05, 4.69) is 169 Å². The first-order valence-corrected chi connectivity index (χ1v) is 17.4. The van der Waals surface area contributed by atoms with Crippen LogP contribution in [0, 0.1) is 0 Å². The molecule has 0 fully saturated rings. The van der Waals surface area contributed by atoms with Crippen molar-refractivity contribution in [1.82, 2.24) is 0 Å². The Morgan fingerprint density at radius 1 is 0.367 bits per heavy atom. The van der Waals surface area contributed by atoms with Crippen molar-refractivity contribution in [3.05, 3.63) is 176 Å². The Balaban J connectivity index is 1.14. The molecule has 0 aliphatic carbocycles. The van der Waals surface area contributed by atoms with Gasteiger partial charge in [-0.05, 0) is 75.5 Å². The minimum Gasteiger partial charge on any atom is -0.456 e. The van der Waals surface area contributed by atoms with Crippen molar-refractivity contribution >= 4 is 81.3 Å². The largest absolute Gasteiger partial charge is 0.456 e. The van der Waals surface area contributed by atoms with Crippen LogP contribution in [0.4, 0.5) is 17.1 Å². The van der Waals surface area contributed by atoms with Crippen LogP contribution in [-0.4, -0.2) is 0 Å². The van der Waals surface area contributed by atoms with Gasteiger partial charge in [0.05, 0.1) is 10.4 Å². The van der Waals surface area contributed by atoms with Gasteiger partial charge in [-0.25, -0.2) is 0 Å². The van der Waals surface area contributed by atoms with E-state index < -0.39 is 0 Å². The van der Waals surface area contributed by atoms with Gasteiger partial charge in [0.2, 0.25) is 0 Å². The molecule has 2 nitrogen and oxygen atoms in total. The lowest BCUT2D eigenvalue weighted by molar-refractivity contribution is 0.669. The fourth-order valence-electron chi connectivity index (χ4n) is 7.26. The van der Waals surface area contributed by atoms with E-state index in [9.17, 15) is 0 Å². The highest BCUT2D eigenvalue weighted by Crippen LogP contribution is 2.47. The number of fused-ring (bicyclic) bond motifs is 8. The Bertz CT molecular complexity index is 2810. The smallest absolute Gasteiger partial charge is 0.135 e. The third kappa shape index (κ3) is 4.62. The highest BCUT2D eigenvalue weighted by atomic mass is 32.1. The molecule has 0 atom stereocenters. The van der Waals surface area contributed by atoms with Crippen LogP contribution in [0.1, 0.15) is 0 Å².